The SMILES string of the molecule is CC(C)N([B][B][B]O)C(C)C. The third kappa shape index (κ3) is 4.54. The molecular weight excluding hydrogens is 135 g/mol. The van der Waals surface area contributed by atoms with Crippen LogP contribution in [0.5, 0.6) is 0 Å². The van der Waals surface area contributed by atoms with E-state index in [1.54, 1.807) is 7.06 Å². The van der Waals surface area contributed by atoms with Gasteiger partial charge >= 0.3 is 0 Å². The Kier molecular flexibility index (Phi) is 5.79. The van der Waals surface area contributed by atoms with E-state index in [1.807, 2.05) is 7.31 Å². The Balaban J connectivity index is 3.70. The van der Waals surface area contributed by atoms with Gasteiger partial charge in [0, 0.05) is 0 Å². The van der Waals surface area contributed by atoms with Gasteiger partial charge in [-0.25, -0.2) is 0 Å². The molecule has 0 saturated carbocycles. The lowest BCUT2D eigenvalue weighted by molar-refractivity contribution is 0.317. The van der Waals surface area contributed by atoms with E-state index in [0.29, 0.717) is 12.1 Å². The van der Waals surface area contributed by atoms with E-state index < -0.39 is 0 Å². The van der Waals surface area contributed by atoms with Crippen LogP contribution in [0.2, 0.25) is 0 Å². The fourth-order valence-electron chi connectivity index (χ4n) is 1.08. The molecule has 59 valence electrons. The normalized spacial score (nSPS) is 10.9. The first-order valence-electron chi connectivity index (χ1n) is 4.01. The zero-order valence-corrected chi connectivity index (χ0v) is 7.78. The van der Waals surface area contributed by atoms with E-state index >= 15 is 0 Å². The van der Waals surface area contributed by atoms with Crippen molar-refractivity contribution in [2.75, 3.05) is 0 Å². The number of hydrogen-bond acceptors (Lipinski definition) is 2. The van der Waals surface area contributed by atoms with Crippen molar-refractivity contribution in [2.24, 2.45) is 0 Å². The van der Waals surface area contributed by atoms with E-state index in [0.717, 1.165) is 7.37 Å². The van der Waals surface area contributed by atoms with Crippen LogP contribution in [0.4, 0.5) is 0 Å². The van der Waals surface area contributed by atoms with Crippen molar-refractivity contribution in [3.05, 3.63) is 0 Å². The van der Waals surface area contributed by atoms with E-state index in [-0.39, 0.29) is 0 Å². The topological polar surface area (TPSA) is 23.5 Å². The van der Waals surface area contributed by atoms with Crippen molar-refractivity contribution in [1.82, 2.24) is 4.81 Å². The zero-order chi connectivity index (χ0) is 8.85. The van der Waals surface area contributed by atoms with Gasteiger partial charge in [-0.05, 0) is 12.1 Å². The first-order valence-corrected chi connectivity index (χ1v) is 4.01. The summed E-state index contributed by atoms with van der Waals surface area (Å²) in [6.45, 7) is 8.51. The first kappa shape index (κ1) is 11.1. The molecule has 0 heterocycles. The fraction of sp³-hybridized carbons (Fsp3) is 1.00. The van der Waals surface area contributed by atoms with Crippen LogP contribution in [0.15, 0.2) is 0 Å². The van der Waals surface area contributed by atoms with Crippen molar-refractivity contribution in [2.45, 2.75) is 39.8 Å². The maximum atomic E-state index is 8.44. The van der Waals surface area contributed by atoms with Gasteiger partial charge in [0.15, 0.2) is 7.31 Å². The highest BCUT2D eigenvalue weighted by Gasteiger charge is 2.12. The highest BCUT2D eigenvalue weighted by atomic mass is 16.2. The molecule has 0 aliphatic rings. The van der Waals surface area contributed by atoms with Gasteiger partial charge in [0.1, 0.15) is 0 Å². The lowest BCUT2D eigenvalue weighted by atomic mass is 9.29. The second kappa shape index (κ2) is 5.73. The Labute approximate surface area is 72.1 Å². The highest BCUT2D eigenvalue weighted by Crippen LogP contribution is 2.00. The smallest absolute Gasteiger partial charge is 0.227 e. The molecule has 0 aromatic rings. The Bertz CT molecular complexity index is 91.8. The van der Waals surface area contributed by atoms with Crippen molar-refractivity contribution in [3.63, 3.8) is 0 Å². The third-order valence-electron chi connectivity index (χ3n) is 1.54. The summed E-state index contributed by atoms with van der Waals surface area (Å²) in [5.74, 6) is 0. The van der Waals surface area contributed by atoms with Crippen LogP contribution >= 0.6 is 0 Å². The molecule has 0 rings (SSSR count). The molecule has 3 radical (unpaired) electrons. The number of nitrogens with zero attached hydrogens (tertiary/aromatic N) is 1. The average Bonchev–Trinajstić information content (AvgIpc) is 1.87. The molecule has 5 heteroatoms. The summed E-state index contributed by atoms with van der Waals surface area (Å²) in [4.78, 5) is 2.17. The van der Waals surface area contributed by atoms with Gasteiger partial charge in [-0.1, -0.05) is 27.7 Å². The van der Waals surface area contributed by atoms with E-state index in [1.165, 1.54) is 0 Å². The summed E-state index contributed by atoms with van der Waals surface area (Å²) in [5.41, 5.74) is 0. The minimum Gasteiger partial charge on any atom is -0.466 e. The van der Waals surface area contributed by atoms with Gasteiger partial charge in [-0.15, -0.1) is 0 Å². The molecule has 0 fully saturated rings. The minimum absolute atomic E-state index is 0.478. The zero-order valence-electron chi connectivity index (χ0n) is 7.78. The molecule has 0 saturated heterocycles. The molecule has 0 aliphatic carbocycles. The quantitative estimate of drug-likeness (QED) is 0.551. The fourth-order valence-corrected chi connectivity index (χ4v) is 1.08. The van der Waals surface area contributed by atoms with Gasteiger partial charge in [0.2, 0.25) is 7.37 Å². The van der Waals surface area contributed by atoms with Gasteiger partial charge in [-0.3, -0.25) is 0 Å². The van der Waals surface area contributed by atoms with Crippen LogP contribution in [0.25, 0.3) is 0 Å². The second-order valence-corrected chi connectivity index (χ2v) is 3.13. The predicted octanol–water partition coefficient (Wildman–Crippen LogP) is -0.130. The maximum absolute atomic E-state index is 8.44. The Morgan fingerprint density at radius 1 is 1.09 bits per heavy atom. The summed E-state index contributed by atoms with van der Waals surface area (Å²) in [6.07, 6.45) is 0. The maximum Gasteiger partial charge on any atom is 0.227 e. The lowest BCUT2D eigenvalue weighted by Crippen LogP contribution is -2.43. The molecule has 11 heavy (non-hydrogen) atoms. The Morgan fingerprint density at radius 2 is 1.55 bits per heavy atom. The molecule has 0 aromatic heterocycles. The summed E-state index contributed by atoms with van der Waals surface area (Å²) in [5, 5.41) is 8.44. The highest BCUT2D eigenvalue weighted by molar-refractivity contribution is 7.26. The van der Waals surface area contributed by atoms with Gasteiger partial charge in [0.25, 0.3) is 0 Å². The Morgan fingerprint density at radius 3 is 1.82 bits per heavy atom. The Hall–Kier alpha value is 0.115. The van der Waals surface area contributed by atoms with Gasteiger partial charge in [-0.2, -0.15) is 0 Å². The van der Waals surface area contributed by atoms with Crippen LogP contribution in [-0.2, 0) is 0 Å². The predicted molar refractivity (Wildman–Crippen MR) is 51.6 cm³/mol. The number of hydrogen-bond donors (Lipinski definition) is 1. The van der Waals surface area contributed by atoms with Crippen LogP contribution < -0.4 is 0 Å². The first-order chi connectivity index (χ1) is 5.09. The van der Waals surface area contributed by atoms with Crippen molar-refractivity contribution in [3.8, 4) is 0 Å². The average molecular weight is 150 g/mol. The van der Waals surface area contributed by atoms with Crippen LogP contribution in [0.1, 0.15) is 27.7 Å². The molecule has 2 nitrogen and oxygen atoms in total. The molecule has 0 aliphatic heterocycles. The van der Waals surface area contributed by atoms with Crippen LogP contribution in [-0.4, -0.2) is 43.7 Å². The monoisotopic (exact) mass is 150 g/mol. The molecule has 0 amide bonds. The van der Waals surface area contributed by atoms with Crippen LogP contribution in [0, 0.1) is 0 Å². The molecule has 0 atom stereocenters. The van der Waals surface area contributed by atoms with Crippen LogP contribution in [0.3, 0.4) is 0 Å². The van der Waals surface area contributed by atoms with E-state index in [2.05, 4.69) is 32.5 Å². The summed E-state index contributed by atoms with van der Waals surface area (Å²) in [7, 11) is 4.59. The van der Waals surface area contributed by atoms with Gasteiger partial charge < -0.3 is 9.83 Å². The summed E-state index contributed by atoms with van der Waals surface area (Å²) >= 11 is 0. The third-order valence-corrected chi connectivity index (χ3v) is 1.54. The molecular formula is C6H15B3NO. The molecule has 1 N–H and O–H groups in total. The molecule has 0 unspecified atom stereocenters. The molecule has 0 spiro atoms. The lowest BCUT2D eigenvalue weighted by Gasteiger charge is -2.30. The minimum atomic E-state index is 0.478. The van der Waals surface area contributed by atoms with Gasteiger partial charge in [0.05, 0.1) is 7.06 Å². The van der Waals surface area contributed by atoms with Crippen molar-refractivity contribution >= 4 is 21.7 Å². The largest absolute Gasteiger partial charge is 0.466 e. The van der Waals surface area contributed by atoms with Crippen molar-refractivity contribution < 1.29 is 5.02 Å². The standard InChI is InChI=1S/C6H15B3NO/c1-5(2)10(6(3)4)8-7-9-11/h5-6,11H,1-4H3. The molecule has 0 aromatic carbocycles. The van der Waals surface area contributed by atoms with Crippen molar-refractivity contribution in [1.29, 1.82) is 0 Å². The van der Waals surface area contributed by atoms with E-state index in [9.17, 15) is 0 Å². The van der Waals surface area contributed by atoms with E-state index in [4.69, 9.17) is 5.02 Å². The summed E-state index contributed by atoms with van der Waals surface area (Å²) in [6, 6.07) is 0.956. The summed E-state index contributed by atoms with van der Waals surface area (Å²) < 4.78 is 0. The second-order valence-electron chi connectivity index (χ2n) is 3.13. The molecule has 0 bridgehead atoms. The number of rotatable bonds is 5.